The van der Waals surface area contributed by atoms with Crippen molar-refractivity contribution in [3.63, 3.8) is 0 Å². The maximum atomic E-state index is 11.7. The lowest BCUT2D eigenvalue weighted by molar-refractivity contribution is -0.126. The molecular formula is C11H15N3OS. The second kappa shape index (κ2) is 5.05. The van der Waals surface area contributed by atoms with Gasteiger partial charge in [-0.05, 0) is 37.2 Å². The first-order valence-electron chi connectivity index (χ1n) is 4.85. The number of amides is 1. The topological polar surface area (TPSA) is 72.3 Å². The number of carbonyl (C=O) groups excluding carboxylic acids is 1. The zero-order valence-electron chi connectivity index (χ0n) is 9.36. The van der Waals surface area contributed by atoms with Crippen molar-refractivity contribution in [2.75, 3.05) is 0 Å². The summed E-state index contributed by atoms with van der Waals surface area (Å²) in [5, 5.41) is 0.687. The van der Waals surface area contributed by atoms with Crippen LogP contribution in [0.25, 0.3) is 0 Å². The van der Waals surface area contributed by atoms with Gasteiger partial charge >= 0.3 is 0 Å². The summed E-state index contributed by atoms with van der Waals surface area (Å²) in [6, 6.07) is 5.93. The monoisotopic (exact) mass is 237 g/mol. The van der Waals surface area contributed by atoms with Crippen molar-refractivity contribution < 1.29 is 4.79 Å². The number of hydrogen-bond acceptors (Lipinski definition) is 3. The third kappa shape index (κ3) is 3.01. The number of nitrogens with two attached hydrogens (primary N) is 2. The first-order chi connectivity index (χ1) is 7.41. The number of hydrogen-bond donors (Lipinski definition) is 2. The van der Waals surface area contributed by atoms with E-state index in [9.17, 15) is 4.79 Å². The summed E-state index contributed by atoms with van der Waals surface area (Å²) < 4.78 is 0. The number of nitrogens with zero attached hydrogens (tertiary/aromatic N) is 1. The summed E-state index contributed by atoms with van der Waals surface area (Å²) in [4.78, 5) is 11.7. The molecule has 0 saturated heterocycles. The Morgan fingerprint density at radius 2 is 2.06 bits per heavy atom. The third-order valence-electron chi connectivity index (χ3n) is 2.35. The highest BCUT2D eigenvalue weighted by Crippen LogP contribution is 2.11. The van der Waals surface area contributed by atoms with E-state index < -0.39 is 0 Å². The fourth-order valence-corrected chi connectivity index (χ4v) is 1.46. The first kappa shape index (κ1) is 12.6. The van der Waals surface area contributed by atoms with E-state index in [1.54, 1.807) is 0 Å². The molecule has 16 heavy (non-hydrogen) atoms. The van der Waals surface area contributed by atoms with Crippen molar-refractivity contribution in [3.8, 4) is 0 Å². The van der Waals surface area contributed by atoms with E-state index in [0.717, 1.165) is 21.7 Å². The van der Waals surface area contributed by atoms with Crippen molar-refractivity contribution in [2.45, 2.75) is 20.3 Å². The van der Waals surface area contributed by atoms with Gasteiger partial charge in [0.15, 0.2) is 5.11 Å². The van der Waals surface area contributed by atoms with Gasteiger partial charge < -0.3 is 5.73 Å². The summed E-state index contributed by atoms with van der Waals surface area (Å²) in [6.07, 6.45) is 0.210. The van der Waals surface area contributed by atoms with Crippen molar-refractivity contribution in [1.82, 2.24) is 5.01 Å². The molecule has 1 amide bonds. The Kier molecular flexibility index (Phi) is 3.98. The predicted octanol–water partition coefficient (Wildman–Crippen LogP) is 0.792. The molecule has 0 aromatic heterocycles. The number of rotatable bonds is 2. The Labute approximate surface area is 100 Å². The highest BCUT2D eigenvalue weighted by molar-refractivity contribution is 7.80. The Balaban J connectivity index is 2.84. The molecule has 5 heteroatoms. The van der Waals surface area contributed by atoms with Crippen LogP contribution in [0, 0.1) is 13.8 Å². The zero-order chi connectivity index (χ0) is 12.3. The second-order valence-electron chi connectivity index (χ2n) is 3.71. The average molecular weight is 237 g/mol. The molecule has 0 radical (unpaired) electrons. The fraction of sp³-hybridized carbons (Fsp3) is 0.273. The SMILES string of the molecule is Cc1ccc(C)c(CC(=O)N(N)C(N)=S)c1. The molecule has 86 valence electrons. The Morgan fingerprint density at radius 3 is 2.62 bits per heavy atom. The lowest BCUT2D eigenvalue weighted by Crippen LogP contribution is -2.46. The van der Waals surface area contributed by atoms with Gasteiger partial charge in [0.05, 0.1) is 6.42 Å². The minimum Gasteiger partial charge on any atom is -0.375 e. The van der Waals surface area contributed by atoms with E-state index in [1.165, 1.54) is 0 Å². The molecule has 0 saturated carbocycles. The van der Waals surface area contributed by atoms with E-state index in [0.29, 0.717) is 0 Å². The van der Waals surface area contributed by atoms with Crippen LogP contribution in [0.1, 0.15) is 16.7 Å². The number of carbonyl (C=O) groups is 1. The zero-order valence-corrected chi connectivity index (χ0v) is 10.2. The molecule has 4 N–H and O–H groups in total. The number of hydrazine groups is 1. The molecule has 0 spiro atoms. The lowest BCUT2D eigenvalue weighted by atomic mass is 10.0. The quantitative estimate of drug-likeness (QED) is 0.345. The summed E-state index contributed by atoms with van der Waals surface area (Å²) in [7, 11) is 0. The van der Waals surface area contributed by atoms with Gasteiger partial charge in [0.25, 0.3) is 0 Å². The second-order valence-corrected chi connectivity index (χ2v) is 4.13. The van der Waals surface area contributed by atoms with E-state index in [1.807, 2.05) is 32.0 Å². The van der Waals surface area contributed by atoms with E-state index in [4.69, 9.17) is 11.6 Å². The van der Waals surface area contributed by atoms with Crippen LogP contribution in [0.15, 0.2) is 18.2 Å². The van der Waals surface area contributed by atoms with E-state index in [2.05, 4.69) is 12.2 Å². The normalized spacial score (nSPS) is 9.94. The highest BCUT2D eigenvalue weighted by atomic mass is 32.1. The van der Waals surface area contributed by atoms with E-state index in [-0.39, 0.29) is 17.4 Å². The van der Waals surface area contributed by atoms with Crippen LogP contribution < -0.4 is 11.6 Å². The summed E-state index contributed by atoms with van der Waals surface area (Å²) in [6.45, 7) is 3.92. The minimum absolute atomic E-state index is 0.115. The van der Waals surface area contributed by atoms with Crippen LogP contribution in [-0.4, -0.2) is 16.0 Å². The van der Waals surface area contributed by atoms with Crippen LogP contribution in [0.5, 0.6) is 0 Å². The molecule has 1 aromatic carbocycles. The van der Waals surface area contributed by atoms with Gasteiger partial charge in [-0.25, -0.2) is 10.9 Å². The first-order valence-corrected chi connectivity index (χ1v) is 5.26. The van der Waals surface area contributed by atoms with E-state index >= 15 is 0 Å². The molecule has 0 heterocycles. The van der Waals surface area contributed by atoms with Gasteiger partial charge in [0.1, 0.15) is 0 Å². The molecule has 0 bridgehead atoms. The molecule has 4 nitrogen and oxygen atoms in total. The Hall–Kier alpha value is -1.46. The maximum Gasteiger partial charge on any atom is 0.247 e. The number of thiocarbonyl (C=S) groups is 1. The van der Waals surface area contributed by atoms with Crippen LogP contribution in [0.3, 0.4) is 0 Å². The summed E-state index contributed by atoms with van der Waals surface area (Å²) in [5.74, 6) is 5.11. The number of aryl methyl sites for hydroxylation is 2. The molecule has 0 atom stereocenters. The van der Waals surface area contributed by atoms with Crippen LogP contribution >= 0.6 is 12.2 Å². The molecule has 0 aliphatic heterocycles. The summed E-state index contributed by atoms with van der Waals surface area (Å²) in [5.41, 5.74) is 8.37. The standard InChI is InChI=1S/C11H15N3OS/c1-7-3-4-8(2)9(5-7)6-10(15)14(13)11(12)16/h3-5H,6,13H2,1-2H3,(H2,12,16). The lowest BCUT2D eigenvalue weighted by Gasteiger charge is -2.15. The minimum atomic E-state index is -0.304. The van der Waals surface area contributed by atoms with Crippen LogP contribution in [0.4, 0.5) is 0 Å². The maximum absolute atomic E-state index is 11.7. The molecule has 1 rings (SSSR count). The van der Waals surface area contributed by atoms with Gasteiger partial charge in [-0.15, -0.1) is 0 Å². The molecular weight excluding hydrogens is 222 g/mol. The average Bonchev–Trinajstić information content (AvgIpc) is 2.22. The number of benzene rings is 1. The van der Waals surface area contributed by atoms with Gasteiger partial charge in [-0.2, -0.15) is 0 Å². The molecule has 0 aliphatic rings. The van der Waals surface area contributed by atoms with Gasteiger partial charge in [0.2, 0.25) is 5.91 Å². The van der Waals surface area contributed by atoms with Crippen LogP contribution in [0.2, 0.25) is 0 Å². The Bertz CT molecular complexity index is 431. The largest absolute Gasteiger partial charge is 0.375 e. The molecule has 0 fully saturated rings. The van der Waals surface area contributed by atoms with Crippen molar-refractivity contribution >= 4 is 23.2 Å². The van der Waals surface area contributed by atoms with Crippen molar-refractivity contribution in [3.05, 3.63) is 34.9 Å². The third-order valence-corrected chi connectivity index (χ3v) is 2.55. The Morgan fingerprint density at radius 1 is 1.44 bits per heavy atom. The predicted molar refractivity (Wildman–Crippen MR) is 67.4 cm³/mol. The van der Waals surface area contributed by atoms with Crippen molar-refractivity contribution in [2.24, 2.45) is 11.6 Å². The summed E-state index contributed by atoms with van der Waals surface area (Å²) >= 11 is 4.63. The highest BCUT2D eigenvalue weighted by Gasteiger charge is 2.13. The molecule has 1 aromatic rings. The van der Waals surface area contributed by atoms with Crippen LogP contribution in [-0.2, 0) is 11.2 Å². The molecule has 0 aliphatic carbocycles. The van der Waals surface area contributed by atoms with Crippen molar-refractivity contribution in [1.29, 1.82) is 0 Å². The smallest absolute Gasteiger partial charge is 0.247 e. The van der Waals surface area contributed by atoms with Gasteiger partial charge in [-0.3, -0.25) is 4.79 Å². The fourth-order valence-electron chi connectivity index (χ4n) is 1.36. The van der Waals surface area contributed by atoms with Gasteiger partial charge in [0, 0.05) is 0 Å². The van der Waals surface area contributed by atoms with Gasteiger partial charge in [-0.1, -0.05) is 23.8 Å². The molecule has 0 unspecified atom stereocenters.